The Balaban J connectivity index is 2.62. The van der Waals surface area contributed by atoms with Crippen LogP contribution in [-0.2, 0) is 0 Å². The molecule has 0 aliphatic heterocycles. The van der Waals surface area contributed by atoms with Crippen molar-refractivity contribution in [3.63, 3.8) is 0 Å². The summed E-state index contributed by atoms with van der Waals surface area (Å²) in [4.78, 5) is 11.8. The average Bonchev–Trinajstić information content (AvgIpc) is 2.34. The lowest BCUT2D eigenvalue weighted by Crippen LogP contribution is -2.27. The zero-order valence-electron chi connectivity index (χ0n) is 11.7. The molecule has 2 heteroatoms. The number of allylic oxidation sites excluding steroid dienone is 1. The highest BCUT2D eigenvalue weighted by atomic mass is 16.1. The number of hydrogen-bond acceptors (Lipinski definition) is 1. The first-order valence-electron chi connectivity index (χ1n) is 6.55. The molecular weight excluding hydrogens is 222 g/mol. The maximum Gasteiger partial charge on any atom is 0.251 e. The van der Waals surface area contributed by atoms with Crippen LogP contribution in [0.3, 0.4) is 0 Å². The second kappa shape index (κ2) is 7.00. The fraction of sp³-hybridized carbons (Fsp3) is 0.438. The minimum atomic E-state index is 0.00286. The van der Waals surface area contributed by atoms with E-state index in [1.807, 2.05) is 24.3 Å². The minimum absolute atomic E-state index is 0.00286. The molecule has 1 aromatic carbocycles. The maximum atomic E-state index is 11.8. The predicted molar refractivity (Wildman–Crippen MR) is 77.5 cm³/mol. The van der Waals surface area contributed by atoms with E-state index in [-0.39, 0.29) is 5.91 Å². The van der Waals surface area contributed by atoms with Crippen molar-refractivity contribution >= 4 is 12.0 Å². The van der Waals surface area contributed by atoms with E-state index in [0.717, 1.165) is 11.1 Å². The molecule has 0 aromatic heterocycles. The van der Waals surface area contributed by atoms with E-state index in [1.165, 1.54) is 0 Å². The molecule has 1 amide bonds. The second-order valence-electron chi connectivity index (χ2n) is 5.33. The first-order chi connectivity index (χ1) is 8.49. The number of nitrogens with one attached hydrogen (secondary N) is 1. The molecule has 0 saturated carbocycles. The molecule has 1 N–H and O–H groups in total. The summed E-state index contributed by atoms with van der Waals surface area (Å²) >= 11 is 0. The highest BCUT2D eigenvalue weighted by molar-refractivity contribution is 5.94. The van der Waals surface area contributed by atoms with Gasteiger partial charge in [-0.2, -0.15) is 0 Å². The zero-order chi connectivity index (χ0) is 13.5. The molecular formula is C16H23NO. The number of benzene rings is 1. The average molecular weight is 245 g/mol. The van der Waals surface area contributed by atoms with Crippen molar-refractivity contribution < 1.29 is 4.79 Å². The zero-order valence-corrected chi connectivity index (χ0v) is 11.7. The molecule has 98 valence electrons. The lowest BCUT2D eigenvalue weighted by Gasteiger charge is -2.07. The molecule has 0 heterocycles. The Morgan fingerprint density at radius 3 is 2.28 bits per heavy atom. The van der Waals surface area contributed by atoms with Crippen LogP contribution in [0, 0.1) is 11.8 Å². The normalized spacial score (nSPS) is 11.4. The van der Waals surface area contributed by atoms with Crippen LogP contribution in [0.2, 0.25) is 0 Å². The van der Waals surface area contributed by atoms with Gasteiger partial charge in [0.15, 0.2) is 0 Å². The lowest BCUT2D eigenvalue weighted by atomic mass is 10.1. The van der Waals surface area contributed by atoms with Gasteiger partial charge in [-0.15, -0.1) is 0 Å². The van der Waals surface area contributed by atoms with E-state index in [2.05, 4.69) is 45.2 Å². The Labute approximate surface area is 110 Å². The molecule has 0 fully saturated rings. The van der Waals surface area contributed by atoms with E-state index in [1.54, 1.807) is 0 Å². The van der Waals surface area contributed by atoms with Gasteiger partial charge in [0, 0.05) is 12.1 Å². The summed E-state index contributed by atoms with van der Waals surface area (Å²) in [5.41, 5.74) is 1.85. The van der Waals surface area contributed by atoms with Gasteiger partial charge < -0.3 is 5.32 Å². The van der Waals surface area contributed by atoms with Gasteiger partial charge in [0.1, 0.15) is 0 Å². The summed E-state index contributed by atoms with van der Waals surface area (Å²) in [5, 5.41) is 2.91. The van der Waals surface area contributed by atoms with Gasteiger partial charge in [-0.1, -0.05) is 52.0 Å². The van der Waals surface area contributed by atoms with Crippen LogP contribution in [0.1, 0.15) is 43.6 Å². The summed E-state index contributed by atoms with van der Waals surface area (Å²) in [7, 11) is 0. The number of carbonyl (C=O) groups excluding carboxylic acids is 1. The molecule has 0 bridgehead atoms. The van der Waals surface area contributed by atoms with Crippen LogP contribution in [0.15, 0.2) is 30.3 Å². The van der Waals surface area contributed by atoms with Gasteiger partial charge >= 0.3 is 0 Å². The summed E-state index contributed by atoms with van der Waals surface area (Å²) in [6, 6.07) is 7.69. The first-order valence-corrected chi connectivity index (χ1v) is 6.55. The van der Waals surface area contributed by atoms with Gasteiger partial charge in [0.25, 0.3) is 5.91 Å². The first kappa shape index (κ1) is 14.5. The van der Waals surface area contributed by atoms with E-state index < -0.39 is 0 Å². The molecule has 1 aromatic rings. The molecule has 2 nitrogen and oxygen atoms in total. The third-order valence-electron chi connectivity index (χ3n) is 2.52. The van der Waals surface area contributed by atoms with Crippen LogP contribution in [-0.4, -0.2) is 12.5 Å². The van der Waals surface area contributed by atoms with Crippen LogP contribution >= 0.6 is 0 Å². The van der Waals surface area contributed by atoms with E-state index in [4.69, 9.17) is 0 Å². The van der Waals surface area contributed by atoms with E-state index >= 15 is 0 Å². The quantitative estimate of drug-likeness (QED) is 0.841. The number of amides is 1. The molecule has 0 spiro atoms. The Bertz CT molecular complexity index is 402. The van der Waals surface area contributed by atoms with Crippen LogP contribution in [0.5, 0.6) is 0 Å². The molecule has 18 heavy (non-hydrogen) atoms. The Morgan fingerprint density at radius 2 is 1.78 bits per heavy atom. The third-order valence-corrected chi connectivity index (χ3v) is 2.52. The molecule has 0 radical (unpaired) electrons. The van der Waals surface area contributed by atoms with Crippen LogP contribution < -0.4 is 5.32 Å². The summed E-state index contributed by atoms with van der Waals surface area (Å²) < 4.78 is 0. The lowest BCUT2D eigenvalue weighted by molar-refractivity contribution is 0.0949. The third kappa shape index (κ3) is 5.17. The molecule has 0 atom stereocenters. The van der Waals surface area contributed by atoms with Crippen LogP contribution in [0.25, 0.3) is 6.08 Å². The van der Waals surface area contributed by atoms with Crippen molar-refractivity contribution in [2.45, 2.75) is 27.7 Å². The van der Waals surface area contributed by atoms with Crippen molar-refractivity contribution in [2.75, 3.05) is 6.54 Å². The fourth-order valence-electron chi connectivity index (χ4n) is 1.45. The highest BCUT2D eigenvalue weighted by Crippen LogP contribution is 2.08. The topological polar surface area (TPSA) is 29.1 Å². The standard InChI is InChI=1S/C16H23NO/c1-12(2)5-6-14-7-9-15(10-8-14)16(18)17-11-13(3)4/h5-10,12-13H,11H2,1-4H3,(H,17,18). The van der Waals surface area contributed by atoms with Gasteiger partial charge in [-0.05, 0) is 29.5 Å². The van der Waals surface area contributed by atoms with E-state index in [0.29, 0.717) is 18.4 Å². The van der Waals surface area contributed by atoms with Gasteiger partial charge in [-0.3, -0.25) is 4.79 Å². The Kier molecular flexibility index (Phi) is 5.63. The molecule has 0 aliphatic carbocycles. The summed E-state index contributed by atoms with van der Waals surface area (Å²) in [6.07, 6.45) is 4.23. The number of rotatable bonds is 5. The van der Waals surface area contributed by atoms with Crippen molar-refractivity contribution in [1.29, 1.82) is 0 Å². The smallest absolute Gasteiger partial charge is 0.251 e. The molecule has 0 aliphatic rings. The summed E-state index contributed by atoms with van der Waals surface area (Å²) in [6.45, 7) is 9.17. The fourth-order valence-corrected chi connectivity index (χ4v) is 1.45. The van der Waals surface area contributed by atoms with E-state index in [9.17, 15) is 4.79 Å². The van der Waals surface area contributed by atoms with Gasteiger partial charge in [0.2, 0.25) is 0 Å². The largest absolute Gasteiger partial charge is 0.352 e. The Hall–Kier alpha value is -1.57. The molecule has 0 saturated heterocycles. The van der Waals surface area contributed by atoms with Gasteiger partial charge in [-0.25, -0.2) is 0 Å². The highest BCUT2D eigenvalue weighted by Gasteiger charge is 2.04. The summed E-state index contributed by atoms with van der Waals surface area (Å²) in [5.74, 6) is 1.02. The molecule has 0 unspecified atom stereocenters. The van der Waals surface area contributed by atoms with Crippen LogP contribution in [0.4, 0.5) is 0 Å². The SMILES string of the molecule is CC(C)C=Cc1ccc(C(=O)NCC(C)C)cc1. The Morgan fingerprint density at radius 1 is 1.17 bits per heavy atom. The van der Waals surface area contributed by atoms with Crippen molar-refractivity contribution in [2.24, 2.45) is 11.8 Å². The van der Waals surface area contributed by atoms with Crippen molar-refractivity contribution in [3.05, 3.63) is 41.5 Å². The van der Waals surface area contributed by atoms with Crippen molar-refractivity contribution in [1.82, 2.24) is 5.32 Å². The minimum Gasteiger partial charge on any atom is -0.352 e. The number of hydrogen-bond donors (Lipinski definition) is 1. The predicted octanol–water partition coefficient (Wildman–Crippen LogP) is 3.74. The molecule has 1 rings (SSSR count). The number of carbonyl (C=O) groups is 1. The van der Waals surface area contributed by atoms with Crippen molar-refractivity contribution in [3.8, 4) is 0 Å². The maximum absolute atomic E-state index is 11.8. The van der Waals surface area contributed by atoms with Gasteiger partial charge in [0.05, 0.1) is 0 Å². The monoisotopic (exact) mass is 245 g/mol. The second-order valence-corrected chi connectivity index (χ2v) is 5.33.